The minimum atomic E-state index is 0.168. The van der Waals surface area contributed by atoms with E-state index in [-0.39, 0.29) is 6.03 Å². The Morgan fingerprint density at radius 3 is 1.41 bits per heavy atom. The van der Waals surface area contributed by atoms with Gasteiger partial charge >= 0.3 is 6.03 Å². The molecular formula is C25H36N6O. The zero-order valence-electron chi connectivity index (χ0n) is 20.0. The van der Waals surface area contributed by atoms with Crippen LogP contribution in [0.3, 0.4) is 0 Å². The minimum absolute atomic E-state index is 0.168. The lowest BCUT2D eigenvalue weighted by atomic mass is 10.1. The Labute approximate surface area is 192 Å². The summed E-state index contributed by atoms with van der Waals surface area (Å²) in [6.07, 6.45) is 5.96. The summed E-state index contributed by atoms with van der Waals surface area (Å²) in [6, 6.07) is 4.62. The van der Waals surface area contributed by atoms with Crippen molar-refractivity contribution in [3.63, 3.8) is 0 Å². The smallest absolute Gasteiger partial charge is 0.320 e. The first-order valence-corrected chi connectivity index (χ1v) is 11.9. The molecule has 2 aliphatic heterocycles. The highest BCUT2D eigenvalue weighted by molar-refractivity contribution is 5.75. The molecule has 2 aliphatic rings. The topological polar surface area (TPSA) is 55.8 Å². The second-order valence-electron chi connectivity index (χ2n) is 8.91. The molecular weight excluding hydrogens is 400 g/mol. The van der Waals surface area contributed by atoms with Gasteiger partial charge in [-0.2, -0.15) is 0 Å². The van der Waals surface area contributed by atoms with Gasteiger partial charge in [-0.25, -0.2) is 14.8 Å². The minimum Gasteiger partial charge on any atom is -0.353 e. The van der Waals surface area contributed by atoms with Crippen molar-refractivity contribution in [2.75, 3.05) is 62.2 Å². The number of pyridine rings is 2. The Morgan fingerprint density at radius 2 is 1.09 bits per heavy atom. The van der Waals surface area contributed by atoms with E-state index in [1.54, 1.807) is 0 Å². The van der Waals surface area contributed by atoms with E-state index >= 15 is 0 Å². The van der Waals surface area contributed by atoms with Crippen LogP contribution < -0.4 is 9.80 Å². The molecule has 0 bridgehead atoms. The van der Waals surface area contributed by atoms with Crippen molar-refractivity contribution in [2.45, 2.75) is 40.5 Å². The molecule has 7 heteroatoms. The first-order valence-electron chi connectivity index (χ1n) is 11.9. The van der Waals surface area contributed by atoms with E-state index < -0.39 is 0 Å². The number of hydrogen-bond donors (Lipinski definition) is 0. The number of amides is 2. The number of piperazine rings is 2. The van der Waals surface area contributed by atoms with Crippen molar-refractivity contribution in [1.29, 1.82) is 0 Å². The van der Waals surface area contributed by atoms with Gasteiger partial charge in [0.1, 0.15) is 11.6 Å². The number of urea groups is 1. The van der Waals surface area contributed by atoms with Gasteiger partial charge in [0.05, 0.1) is 0 Å². The number of rotatable bonds is 4. The molecule has 0 atom stereocenters. The normalized spacial score (nSPS) is 17.1. The maximum Gasteiger partial charge on any atom is 0.320 e. The summed E-state index contributed by atoms with van der Waals surface area (Å²) in [7, 11) is 0. The zero-order chi connectivity index (χ0) is 22.7. The van der Waals surface area contributed by atoms with Crippen molar-refractivity contribution < 1.29 is 4.79 Å². The van der Waals surface area contributed by atoms with Gasteiger partial charge in [0.25, 0.3) is 0 Å². The molecule has 4 heterocycles. The van der Waals surface area contributed by atoms with Crippen LogP contribution in [0, 0.1) is 13.8 Å². The monoisotopic (exact) mass is 436 g/mol. The number of anilines is 2. The summed E-state index contributed by atoms with van der Waals surface area (Å²) in [4.78, 5) is 31.1. The Kier molecular flexibility index (Phi) is 6.82. The van der Waals surface area contributed by atoms with Crippen LogP contribution in [0.4, 0.5) is 16.4 Å². The molecule has 0 radical (unpaired) electrons. The molecule has 0 aliphatic carbocycles. The maximum absolute atomic E-state index is 13.1. The SMILES string of the molecule is CCc1cnc(N2CCN(C(=O)N3CCN(c4ncc(CC)cc4C)CC3)CC2)c(C)c1. The highest BCUT2D eigenvalue weighted by Gasteiger charge is 2.29. The molecule has 172 valence electrons. The fourth-order valence-corrected chi connectivity index (χ4v) is 4.72. The summed E-state index contributed by atoms with van der Waals surface area (Å²) in [5.41, 5.74) is 4.98. The van der Waals surface area contributed by atoms with Crippen molar-refractivity contribution in [3.8, 4) is 0 Å². The third kappa shape index (κ3) is 4.66. The molecule has 4 rings (SSSR count). The van der Waals surface area contributed by atoms with E-state index in [0.717, 1.165) is 76.8 Å². The summed E-state index contributed by atoms with van der Waals surface area (Å²) in [6.45, 7) is 14.9. The Hall–Kier alpha value is -2.83. The summed E-state index contributed by atoms with van der Waals surface area (Å²) in [5, 5.41) is 0. The Balaban J connectivity index is 1.30. The van der Waals surface area contributed by atoms with Crippen LogP contribution >= 0.6 is 0 Å². The lowest BCUT2D eigenvalue weighted by molar-refractivity contribution is 0.147. The highest BCUT2D eigenvalue weighted by atomic mass is 16.2. The second kappa shape index (κ2) is 9.76. The predicted molar refractivity (Wildman–Crippen MR) is 130 cm³/mol. The molecule has 0 N–H and O–H groups in total. The van der Waals surface area contributed by atoms with Crippen LogP contribution in [0.25, 0.3) is 0 Å². The number of hydrogen-bond acceptors (Lipinski definition) is 5. The lowest BCUT2D eigenvalue weighted by Crippen LogP contribution is -2.57. The van der Waals surface area contributed by atoms with Crippen LogP contribution in [-0.2, 0) is 12.8 Å². The number of carbonyl (C=O) groups excluding carboxylic acids is 1. The molecule has 2 amide bonds. The molecule has 0 aromatic carbocycles. The van der Waals surface area contributed by atoms with Gasteiger partial charge in [-0.3, -0.25) is 0 Å². The Morgan fingerprint density at radius 1 is 0.719 bits per heavy atom. The quantitative estimate of drug-likeness (QED) is 0.736. The largest absolute Gasteiger partial charge is 0.353 e. The number of aryl methyl sites for hydroxylation is 4. The van der Waals surface area contributed by atoms with E-state index in [9.17, 15) is 4.79 Å². The average Bonchev–Trinajstić information content (AvgIpc) is 2.83. The zero-order valence-corrected chi connectivity index (χ0v) is 20.0. The van der Waals surface area contributed by atoms with Crippen LogP contribution in [0.2, 0.25) is 0 Å². The van der Waals surface area contributed by atoms with Gasteiger partial charge in [0, 0.05) is 64.8 Å². The van der Waals surface area contributed by atoms with E-state index in [1.165, 1.54) is 22.3 Å². The van der Waals surface area contributed by atoms with Crippen LogP contribution in [-0.4, -0.2) is 78.2 Å². The average molecular weight is 437 g/mol. The predicted octanol–water partition coefficient (Wildman–Crippen LogP) is 3.28. The fraction of sp³-hybridized carbons (Fsp3) is 0.560. The van der Waals surface area contributed by atoms with Crippen LogP contribution in [0.1, 0.15) is 36.1 Å². The highest BCUT2D eigenvalue weighted by Crippen LogP contribution is 2.22. The third-order valence-electron chi connectivity index (χ3n) is 6.73. The first-order chi connectivity index (χ1) is 15.5. The van der Waals surface area contributed by atoms with Gasteiger partial charge < -0.3 is 19.6 Å². The van der Waals surface area contributed by atoms with Crippen LogP contribution in [0.15, 0.2) is 24.5 Å². The number of nitrogens with zero attached hydrogens (tertiary/aromatic N) is 6. The van der Waals surface area contributed by atoms with Gasteiger partial charge in [0.2, 0.25) is 0 Å². The Bertz CT molecular complexity index is 870. The van der Waals surface area contributed by atoms with E-state index in [0.29, 0.717) is 0 Å². The first kappa shape index (κ1) is 22.4. The fourth-order valence-electron chi connectivity index (χ4n) is 4.72. The summed E-state index contributed by atoms with van der Waals surface area (Å²) < 4.78 is 0. The molecule has 7 nitrogen and oxygen atoms in total. The molecule has 32 heavy (non-hydrogen) atoms. The molecule has 0 unspecified atom stereocenters. The lowest BCUT2D eigenvalue weighted by Gasteiger charge is -2.41. The van der Waals surface area contributed by atoms with Gasteiger partial charge in [0.15, 0.2) is 0 Å². The van der Waals surface area contributed by atoms with Gasteiger partial charge in [-0.1, -0.05) is 26.0 Å². The van der Waals surface area contributed by atoms with Crippen LogP contribution in [0.5, 0.6) is 0 Å². The summed E-state index contributed by atoms with van der Waals surface area (Å²) in [5.74, 6) is 2.11. The third-order valence-corrected chi connectivity index (χ3v) is 6.73. The standard InChI is InChI=1S/C25H36N6O/c1-5-21-15-19(3)23(26-17-21)28-7-11-30(12-8-28)25(32)31-13-9-29(10-14-31)24-20(4)16-22(6-2)18-27-24/h15-18H,5-14H2,1-4H3. The van der Waals surface area contributed by atoms with E-state index in [4.69, 9.17) is 0 Å². The summed E-state index contributed by atoms with van der Waals surface area (Å²) >= 11 is 0. The molecule has 2 aromatic heterocycles. The molecule has 0 spiro atoms. The number of aromatic nitrogens is 2. The number of carbonyl (C=O) groups is 1. The van der Waals surface area contributed by atoms with Gasteiger partial charge in [-0.05, 0) is 48.9 Å². The molecule has 2 aromatic rings. The van der Waals surface area contributed by atoms with Gasteiger partial charge in [-0.15, -0.1) is 0 Å². The van der Waals surface area contributed by atoms with Crippen molar-refractivity contribution in [2.24, 2.45) is 0 Å². The second-order valence-corrected chi connectivity index (χ2v) is 8.91. The van der Waals surface area contributed by atoms with Crippen molar-refractivity contribution >= 4 is 17.7 Å². The van der Waals surface area contributed by atoms with Crippen molar-refractivity contribution in [1.82, 2.24) is 19.8 Å². The maximum atomic E-state index is 13.1. The molecule has 0 saturated carbocycles. The van der Waals surface area contributed by atoms with Crippen molar-refractivity contribution in [3.05, 3.63) is 46.8 Å². The molecule has 2 fully saturated rings. The van der Waals surface area contributed by atoms with E-state index in [2.05, 4.69) is 59.6 Å². The van der Waals surface area contributed by atoms with E-state index in [1.807, 2.05) is 22.2 Å². The molecule has 2 saturated heterocycles.